The van der Waals surface area contributed by atoms with E-state index in [1.54, 1.807) is 0 Å². The smallest absolute Gasteiger partial charge is 0.218 e. The molecule has 0 aromatic carbocycles. The van der Waals surface area contributed by atoms with Crippen LogP contribution in [0.1, 0.15) is 32.6 Å². The van der Waals surface area contributed by atoms with E-state index in [-0.39, 0.29) is 0 Å². The van der Waals surface area contributed by atoms with Crippen LogP contribution in [-0.2, 0) is 0 Å². The molecule has 1 aromatic heterocycles. The van der Waals surface area contributed by atoms with Gasteiger partial charge in [-0.2, -0.15) is 0 Å². The first-order chi connectivity index (χ1) is 9.38. The maximum Gasteiger partial charge on any atom is 0.218 e. The lowest BCUT2D eigenvalue weighted by molar-refractivity contribution is 0.326. The van der Waals surface area contributed by atoms with Crippen LogP contribution >= 0.6 is 0 Å². The van der Waals surface area contributed by atoms with E-state index in [0.29, 0.717) is 12.5 Å². The number of rotatable bonds is 8. The lowest BCUT2D eigenvalue weighted by Crippen LogP contribution is -2.20. The summed E-state index contributed by atoms with van der Waals surface area (Å²) in [5.41, 5.74) is 0. The summed E-state index contributed by atoms with van der Waals surface area (Å²) in [5.74, 6) is 1.48. The van der Waals surface area contributed by atoms with E-state index in [2.05, 4.69) is 20.2 Å². The van der Waals surface area contributed by atoms with Crippen LogP contribution in [0, 0.1) is 0 Å². The van der Waals surface area contributed by atoms with Crippen molar-refractivity contribution in [3.8, 4) is 5.88 Å². The highest BCUT2D eigenvalue weighted by Crippen LogP contribution is 2.11. The van der Waals surface area contributed by atoms with Gasteiger partial charge in [-0.25, -0.2) is 9.97 Å². The Hall–Kier alpha value is -1.36. The number of aromatic nitrogens is 2. The van der Waals surface area contributed by atoms with Crippen LogP contribution < -0.4 is 10.1 Å². The van der Waals surface area contributed by atoms with Crippen molar-refractivity contribution in [3.63, 3.8) is 0 Å². The molecular weight excluding hydrogens is 240 g/mol. The van der Waals surface area contributed by atoms with E-state index in [0.717, 1.165) is 12.4 Å². The van der Waals surface area contributed by atoms with Crippen LogP contribution in [-0.4, -0.2) is 47.7 Å². The van der Waals surface area contributed by atoms with Gasteiger partial charge in [0.25, 0.3) is 0 Å². The molecular formula is C14H24N4O. The maximum atomic E-state index is 5.34. The number of ether oxygens (including phenoxy) is 1. The fourth-order valence-corrected chi connectivity index (χ4v) is 2.35. The predicted octanol–water partition coefficient (Wildman–Crippen LogP) is 2.16. The molecule has 0 radical (unpaired) electrons. The Bertz CT molecular complexity index is 366. The lowest BCUT2D eigenvalue weighted by atomic mass is 10.3. The Morgan fingerprint density at radius 2 is 2.11 bits per heavy atom. The van der Waals surface area contributed by atoms with Crippen molar-refractivity contribution in [2.45, 2.75) is 32.6 Å². The first kappa shape index (κ1) is 14.1. The van der Waals surface area contributed by atoms with Crippen molar-refractivity contribution in [2.75, 3.05) is 38.1 Å². The molecule has 2 rings (SSSR count). The normalized spacial score (nSPS) is 15.6. The first-order valence-electron chi connectivity index (χ1n) is 7.29. The molecule has 1 saturated heterocycles. The average molecular weight is 264 g/mol. The lowest BCUT2D eigenvalue weighted by Gasteiger charge is -2.14. The molecule has 1 aliphatic heterocycles. The monoisotopic (exact) mass is 264 g/mol. The summed E-state index contributed by atoms with van der Waals surface area (Å²) < 4.78 is 5.34. The molecule has 1 aliphatic rings. The van der Waals surface area contributed by atoms with Gasteiger partial charge in [-0.3, -0.25) is 0 Å². The van der Waals surface area contributed by atoms with Crippen LogP contribution in [0.2, 0.25) is 0 Å². The standard InChI is InChI=1S/C14H24N4O/c1-2-19-14-11-13(16-12-17-14)15-7-3-4-8-18-9-5-6-10-18/h11-12H,2-10H2,1H3,(H,15,16,17). The largest absolute Gasteiger partial charge is 0.478 e. The molecule has 0 saturated carbocycles. The molecule has 0 aliphatic carbocycles. The van der Waals surface area contributed by atoms with Gasteiger partial charge in [0.2, 0.25) is 5.88 Å². The summed E-state index contributed by atoms with van der Waals surface area (Å²) in [4.78, 5) is 10.8. The molecule has 0 atom stereocenters. The van der Waals surface area contributed by atoms with Gasteiger partial charge in [-0.15, -0.1) is 0 Å². The van der Waals surface area contributed by atoms with E-state index in [9.17, 15) is 0 Å². The van der Waals surface area contributed by atoms with E-state index in [1.807, 2.05) is 13.0 Å². The third-order valence-electron chi connectivity index (χ3n) is 3.34. The zero-order chi connectivity index (χ0) is 13.3. The van der Waals surface area contributed by atoms with Gasteiger partial charge in [-0.05, 0) is 52.2 Å². The molecule has 5 heteroatoms. The number of nitrogens with zero attached hydrogens (tertiary/aromatic N) is 3. The minimum absolute atomic E-state index is 0.631. The van der Waals surface area contributed by atoms with Crippen molar-refractivity contribution in [3.05, 3.63) is 12.4 Å². The van der Waals surface area contributed by atoms with Crippen LogP contribution in [0.3, 0.4) is 0 Å². The van der Waals surface area contributed by atoms with Gasteiger partial charge in [0.1, 0.15) is 12.1 Å². The summed E-state index contributed by atoms with van der Waals surface area (Å²) in [6.07, 6.45) is 6.71. The summed E-state index contributed by atoms with van der Waals surface area (Å²) in [6, 6.07) is 1.85. The molecule has 19 heavy (non-hydrogen) atoms. The number of nitrogens with one attached hydrogen (secondary N) is 1. The van der Waals surface area contributed by atoms with Gasteiger partial charge in [0.05, 0.1) is 6.61 Å². The van der Waals surface area contributed by atoms with Crippen LogP contribution in [0.15, 0.2) is 12.4 Å². The molecule has 1 aromatic rings. The van der Waals surface area contributed by atoms with Crippen molar-refractivity contribution in [2.24, 2.45) is 0 Å². The predicted molar refractivity (Wildman–Crippen MR) is 76.6 cm³/mol. The van der Waals surface area contributed by atoms with E-state index in [1.165, 1.54) is 51.6 Å². The second kappa shape index (κ2) is 7.94. The number of unbranched alkanes of at least 4 members (excludes halogenated alkanes) is 1. The van der Waals surface area contributed by atoms with Gasteiger partial charge >= 0.3 is 0 Å². The molecule has 0 spiro atoms. The molecule has 2 heterocycles. The topological polar surface area (TPSA) is 50.3 Å². The fraction of sp³-hybridized carbons (Fsp3) is 0.714. The molecule has 0 amide bonds. The molecule has 0 bridgehead atoms. The number of hydrogen-bond donors (Lipinski definition) is 1. The van der Waals surface area contributed by atoms with E-state index in [4.69, 9.17) is 4.74 Å². The minimum atomic E-state index is 0.631. The van der Waals surface area contributed by atoms with E-state index >= 15 is 0 Å². The van der Waals surface area contributed by atoms with Gasteiger partial charge in [0, 0.05) is 12.6 Å². The van der Waals surface area contributed by atoms with Crippen LogP contribution in [0.5, 0.6) is 5.88 Å². The highest BCUT2D eigenvalue weighted by atomic mass is 16.5. The minimum Gasteiger partial charge on any atom is -0.478 e. The Kier molecular flexibility index (Phi) is 5.88. The van der Waals surface area contributed by atoms with Gasteiger partial charge in [0.15, 0.2) is 0 Å². The van der Waals surface area contributed by atoms with Crippen molar-refractivity contribution in [1.29, 1.82) is 0 Å². The first-order valence-corrected chi connectivity index (χ1v) is 7.29. The van der Waals surface area contributed by atoms with Crippen LogP contribution in [0.25, 0.3) is 0 Å². The van der Waals surface area contributed by atoms with E-state index < -0.39 is 0 Å². The number of likely N-dealkylation sites (tertiary alicyclic amines) is 1. The quantitative estimate of drug-likeness (QED) is 0.729. The Morgan fingerprint density at radius 3 is 2.89 bits per heavy atom. The summed E-state index contributed by atoms with van der Waals surface area (Å²) >= 11 is 0. The molecule has 1 N–H and O–H groups in total. The maximum absolute atomic E-state index is 5.34. The SMILES string of the molecule is CCOc1cc(NCCCCN2CCCC2)ncn1. The molecule has 1 fully saturated rings. The fourth-order valence-electron chi connectivity index (χ4n) is 2.35. The highest BCUT2D eigenvalue weighted by molar-refractivity contribution is 5.36. The Balaban J connectivity index is 1.60. The van der Waals surface area contributed by atoms with Crippen LogP contribution in [0.4, 0.5) is 5.82 Å². The number of anilines is 1. The zero-order valence-electron chi connectivity index (χ0n) is 11.8. The second-order valence-corrected chi connectivity index (χ2v) is 4.86. The molecule has 0 unspecified atom stereocenters. The third kappa shape index (κ3) is 5.03. The highest BCUT2D eigenvalue weighted by Gasteiger charge is 2.09. The van der Waals surface area contributed by atoms with Crippen molar-refractivity contribution >= 4 is 5.82 Å². The summed E-state index contributed by atoms with van der Waals surface area (Å²) in [7, 11) is 0. The molecule has 106 valence electrons. The third-order valence-corrected chi connectivity index (χ3v) is 3.34. The summed E-state index contributed by atoms with van der Waals surface area (Å²) in [5, 5.41) is 3.32. The Labute approximate surface area is 115 Å². The average Bonchev–Trinajstić information content (AvgIpc) is 2.92. The molecule has 5 nitrogen and oxygen atoms in total. The van der Waals surface area contributed by atoms with Crippen molar-refractivity contribution in [1.82, 2.24) is 14.9 Å². The zero-order valence-corrected chi connectivity index (χ0v) is 11.8. The second-order valence-electron chi connectivity index (χ2n) is 4.86. The number of hydrogen-bond acceptors (Lipinski definition) is 5. The van der Waals surface area contributed by atoms with Gasteiger partial charge < -0.3 is 15.0 Å². The van der Waals surface area contributed by atoms with Crippen molar-refractivity contribution < 1.29 is 4.74 Å². The Morgan fingerprint density at radius 1 is 1.26 bits per heavy atom. The van der Waals surface area contributed by atoms with Gasteiger partial charge in [-0.1, -0.05) is 0 Å². The summed E-state index contributed by atoms with van der Waals surface area (Å²) in [6.45, 7) is 7.35.